The zero-order valence-corrected chi connectivity index (χ0v) is 8.78. The van der Waals surface area contributed by atoms with E-state index in [4.69, 9.17) is 5.11 Å². The summed E-state index contributed by atoms with van der Waals surface area (Å²) in [6, 6.07) is 1.30. The second-order valence-electron chi connectivity index (χ2n) is 3.13. The second kappa shape index (κ2) is 5.34. The lowest BCUT2D eigenvalue weighted by atomic mass is 10.2. The van der Waals surface area contributed by atoms with Gasteiger partial charge in [-0.2, -0.15) is 13.2 Å². The summed E-state index contributed by atoms with van der Waals surface area (Å²) >= 11 is 0. The Kier molecular flexibility index (Phi) is 4.08. The summed E-state index contributed by atoms with van der Waals surface area (Å²) in [5, 5.41) is 12.2. The molecular weight excluding hydrogens is 255 g/mol. The van der Waals surface area contributed by atoms with Crippen molar-refractivity contribution in [1.29, 1.82) is 0 Å². The van der Waals surface area contributed by atoms with Crippen molar-refractivity contribution in [2.75, 3.05) is 11.9 Å². The van der Waals surface area contributed by atoms with E-state index in [1.807, 2.05) is 5.32 Å². The van der Waals surface area contributed by atoms with Gasteiger partial charge in [-0.15, -0.1) is 0 Å². The van der Waals surface area contributed by atoms with E-state index in [9.17, 15) is 22.8 Å². The summed E-state index contributed by atoms with van der Waals surface area (Å²) in [6.07, 6.45) is -3.34. The quantitative estimate of drug-likeness (QED) is 0.770. The number of carbonyl (C=O) groups is 2. The number of hydrogen-bond acceptors (Lipinski definition) is 3. The molecule has 0 radical (unpaired) electrons. The predicted octanol–water partition coefficient (Wildman–Crippen LogP) is 1.46. The number of amides is 2. The SMILES string of the molecule is O=C(NCC(F)(F)F)Nc1ncccc1C(=O)O. The van der Waals surface area contributed by atoms with E-state index in [1.54, 1.807) is 0 Å². The van der Waals surface area contributed by atoms with Gasteiger partial charge in [0.1, 0.15) is 17.9 Å². The highest BCUT2D eigenvalue weighted by atomic mass is 19.4. The van der Waals surface area contributed by atoms with Gasteiger partial charge in [0.15, 0.2) is 0 Å². The maximum Gasteiger partial charge on any atom is 0.405 e. The Labute approximate surface area is 98.8 Å². The lowest BCUT2D eigenvalue weighted by Gasteiger charge is -2.10. The molecule has 0 fully saturated rings. The Morgan fingerprint density at radius 3 is 2.61 bits per heavy atom. The third-order valence-corrected chi connectivity index (χ3v) is 1.72. The molecule has 0 aliphatic rings. The molecular formula is C9H8F3N3O3. The fraction of sp³-hybridized carbons (Fsp3) is 0.222. The molecule has 0 aromatic carbocycles. The second-order valence-corrected chi connectivity index (χ2v) is 3.13. The first-order valence-electron chi connectivity index (χ1n) is 4.59. The predicted molar refractivity (Wildman–Crippen MR) is 54.3 cm³/mol. The number of nitrogens with zero attached hydrogens (tertiary/aromatic N) is 1. The average molecular weight is 263 g/mol. The van der Waals surface area contributed by atoms with Gasteiger partial charge in [-0.3, -0.25) is 5.32 Å². The molecule has 0 spiro atoms. The summed E-state index contributed by atoms with van der Waals surface area (Å²) in [5.41, 5.74) is -0.320. The molecule has 18 heavy (non-hydrogen) atoms. The normalized spacial score (nSPS) is 10.8. The van der Waals surface area contributed by atoms with Crippen LogP contribution in [0.15, 0.2) is 18.3 Å². The minimum Gasteiger partial charge on any atom is -0.478 e. The Balaban J connectivity index is 2.68. The number of halogens is 3. The Morgan fingerprint density at radius 2 is 2.06 bits per heavy atom. The number of carboxylic acids is 1. The van der Waals surface area contributed by atoms with E-state index >= 15 is 0 Å². The molecule has 1 aromatic rings. The summed E-state index contributed by atoms with van der Waals surface area (Å²) in [4.78, 5) is 25.4. The Hall–Kier alpha value is -2.32. The topological polar surface area (TPSA) is 91.3 Å². The lowest BCUT2D eigenvalue weighted by molar-refractivity contribution is -0.122. The molecule has 0 saturated heterocycles. The van der Waals surface area contributed by atoms with Crippen LogP contribution in [0.25, 0.3) is 0 Å². The molecule has 98 valence electrons. The first kappa shape index (κ1) is 13.7. The minimum absolute atomic E-state index is 0.320. The Bertz CT molecular complexity index is 462. The fourth-order valence-electron chi connectivity index (χ4n) is 1.01. The van der Waals surface area contributed by atoms with Gasteiger partial charge in [-0.25, -0.2) is 14.6 Å². The smallest absolute Gasteiger partial charge is 0.405 e. The number of urea groups is 1. The number of aromatic nitrogens is 1. The van der Waals surface area contributed by atoms with Crippen molar-refractivity contribution in [3.05, 3.63) is 23.9 Å². The molecule has 0 atom stereocenters. The average Bonchev–Trinajstić information content (AvgIpc) is 2.26. The maximum atomic E-state index is 11.8. The zero-order chi connectivity index (χ0) is 13.8. The van der Waals surface area contributed by atoms with E-state index < -0.39 is 24.7 Å². The van der Waals surface area contributed by atoms with Gasteiger partial charge in [0, 0.05) is 6.20 Å². The molecule has 2 amide bonds. The molecule has 1 heterocycles. The molecule has 0 saturated carbocycles. The van der Waals surface area contributed by atoms with Crippen LogP contribution in [-0.4, -0.2) is 34.8 Å². The first-order chi connectivity index (χ1) is 8.29. The maximum absolute atomic E-state index is 11.8. The van der Waals surface area contributed by atoms with Gasteiger partial charge in [0.2, 0.25) is 0 Å². The van der Waals surface area contributed by atoms with Crippen LogP contribution in [-0.2, 0) is 0 Å². The van der Waals surface area contributed by atoms with Crippen LogP contribution in [0.1, 0.15) is 10.4 Å². The van der Waals surface area contributed by atoms with Crippen molar-refractivity contribution in [3.63, 3.8) is 0 Å². The number of aromatic carboxylic acids is 1. The van der Waals surface area contributed by atoms with E-state index in [1.165, 1.54) is 17.6 Å². The highest BCUT2D eigenvalue weighted by Gasteiger charge is 2.27. The molecule has 0 bridgehead atoms. The van der Waals surface area contributed by atoms with Gasteiger partial charge in [-0.1, -0.05) is 0 Å². The molecule has 3 N–H and O–H groups in total. The summed E-state index contributed by atoms with van der Waals surface area (Å²) in [6.45, 7) is -1.52. The molecule has 9 heteroatoms. The third kappa shape index (κ3) is 4.28. The minimum atomic E-state index is -4.54. The standard InChI is InChI=1S/C9H8F3N3O3/c10-9(11,12)4-14-8(18)15-6-5(7(16)17)2-1-3-13-6/h1-3H,4H2,(H,16,17)(H2,13,14,15,18). The first-order valence-corrected chi connectivity index (χ1v) is 4.59. The summed E-state index contributed by atoms with van der Waals surface area (Å²) < 4.78 is 35.4. The van der Waals surface area contributed by atoms with E-state index in [2.05, 4.69) is 4.98 Å². The van der Waals surface area contributed by atoms with Crippen LogP contribution in [0.5, 0.6) is 0 Å². The van der Waals surface area contributed by atoms with E-state index in [-0.39, 0.29) is 11.4 Å². The van der Waals surface area contributed by atoms with Crippen molar-refractivity contribution in [3.8, 4) is 0 Å². The van der Waals surface area contributed by atoms with Gasteiger partial charge in [0.25, 0.3) is 0 Å². The largest absolute Gasteiger partial charge is 0.478 e. The van der Waals surface area contributed by atoms with Gasteiger partial charge >= 0.3 is 18.2 Å². The number of hydrogen-bond donors (Lipinski definition) is 3. The van der Waals surface area contributed by atoms with Gasteiger partial charge in [-0.05, 0) is 12.1 Å². The molecule has 6 nitrogen and oxygen atoms in total. The van der Waals surface area contributed by atoms with E-state index in [0.29, 0.717) is 0 Å². The number of anilines is 1. The van der Waals surface area contributed by atoms with Crippen LogP contribution < -0.4 is 10.6 Å². The Morgan fingerprint density at radius 1 is 1.39 bits per heavy atom. The number of carbonyl (C=O) groups excluding carboxylic acids is 1. The number of rotatable bonds is 3. The number of nitrogens with one attached hydrogen (secondary N) is 2. The van der Waals surface area contributed by atoms with Crippen molar-refractivity contribution < 1.29 is 27.9 Å². The molecule has 0 aliphatic carbocycles. The van der Waals surface area contributed by atoms with Crippen LogP contribution in [0.2, 0.25) is 0 Å². The third-order valence-electron chi connectivity index (χ3n) is 1.72. The number of carboxylic acid groups (broad SMARTS) is 1. The van der Waals surface area contributed by atoms with Gasteiger partial charge < -0.3 is 10.4 Å². The van der Waals surface area contributed by atoms with Crippen molar-refractivity contribution in [2.45, 2.75) is 6.18 Å². The van der Waals surface area contributed by atoms with E-state index in [0.717, 1.165) is 6.07 Å². The fourth-order valence-corrected chi connectivity index (χ4v) is 1.01. The van der Waals surface area contributed by atoms with Crippen molar-refractivity contribution in [1.82, 2.24) is 10.3 Å². The van der Waals surface area contributed by atoms with Crippen molar-refractivity contribution >= 4 is 17.8 Å². The summed E-state index contributed by atoms with van der Waals surface area (Å²) in [5.74, 6) is -1.68. The molecule has 0 aliphatic heterocycles. The molecule has 1 rings (SSSR count). The highest BCUT2D eigenvalue weighted by molar-refractivity contribution is 5.98. The number of pyridine rings is 1. The van der Waals surface area contributed by atoms with Crippen molar-refractivity contribution in [2.24, 2.45) is 0 Å². The van der Waals surface area contributed by atoms with Crippen LogP contribution in [0.4, 0.5) is 23.8 Å². The highest BCUT2D eigenvalue weighted by Crippen LogP contribution is 2.13. The van der Waals surface area contributed by atoms with Crippen LogP contribution in [0.3, 0.4) is 0 Å². The molecule has 1 aromatic heterocycles. The van der Waals surface area contributed by atoms with Crippen LogP contribution >= 0.6 is 0 Å². The number of alkyl halides is 3. The summed E-state index contributed by atoms with van der Waals surface area (Å²) in [7, 11) is 0. The lowest BCUT2D eigenvalue weighted by Crippen LogP contribution is -2.37. The van der Waals surface area contributed by atoms with Gasteiger partial charge in [0.05, 0.1) is 0 Å². The monoisotopic (exact) mass is 263 g/mol. The van der Waals surface area contributed by atoms with Crippen LogP contribution in [0, 0.1) is 0 Å². The zero-order valence-electron chi connectivity index (χ0n) is 8.78. The molecule has 0 unspecified atom stereocenters.